The van der Waals surface area contributed by atoms with Crippen molar-refractivity contribution in [3.63, 3.8) is 0 Å². The molecule has 0 unspecified atom stereocenters. The van der Waals surface area contributed by atoms with Crippen molar-refractivity contribution in [2.75, 3.05) is 5.75 Å². The van der Waals surface area contributed by atoms with Crippen molar-refractivity contribution < 1.29 is 4.92 Å². The maximum absolute atomic E-state index is 10.6. The van der Waals surface area contributed by atoms with E-state index in [1.807, 2.05) is 35.6 Å². The molecule has 0 atom stereocenters. The third-order valence-electron chi connectivity index (χ3n) is 1.43. The molecule has 13 heavy (non-hydrogen) atoms. The van der Waals surface area contributed by atoms with Crippen LogP contribution in [-0.2, 0) is 0 Å². The number of benzene rings is 1. The van der Waals surface area contributed by atoms with Crippen LogP contribution in [0.1, 0.15) is 6.92 Å². The highest BCUT2D eigenvalue weighted by molar-refractivity contribution is 14.1. The number of halogens is 1. The van der Waals surface area contributed by atoms with Crippen LogP contribution in [0.3, 0.4) is 0 Å². The predicted octanol–water partition coefficient (Wildman–Crippen LogP) is 3.31. The van der Waals surface area contributed by atoms with E-state index in [0.717, 1.165) is 10.6 Å². The molecule has 0 saturated heterocycles. The molecule has 0 aliphatic heterocycles. The first-order chi connectivity index (χ1) is 6.15. The van der Waals surface area contributed by atoms with Gasteiger partial charge >= 0.3 is 0 Å². The molecule has 70 valence electrons. The second-order valence-corrected chi connectivity index (χ2v) is 4.80. The Labute approximate surface area is 94.2 Å². The van der Waals surface area contributed by atoms with E-state index in [4.69, 9.17) is 0 Å². The number of nitro benzene ring substituents is 1. The minimum absolute atomic E-state index is 0.194. The van der Waals surface area contributed by atoms with E-state index < -0.39 is 0 Å². The van der Waals surface area contributed by atoms with Gasteiger partial charge in [0, 0.05) is 11.0 Å². The lowest BCUT2D eigenvalue weighted by Gasteiger charge is -1.99. The first-order valence-corrected chi connectivity index (χ1v) is 5.78. The standard InChI is InChI=1S/C8H8INO2S/c1-2-13-6-3-4-7(9)8(5-6)10(11)12/h3-5H,2H2,1H3. The predicted molar refractivity (Wildman–Crippen MR) is 62.2 cm³/mol. The monoisotopic (exact) mass is 309 g/mol. The molecule has 0 spiro atoms. The molecule has 0 aliphatic rings. The molecule has 0 heterocycles. The second-order valence-electron chi connectivity index (χ2n) is 2.30. The van der Waals surface area contributed by atoms with E-state index in [1.54, 1.807) is 23.9 Å². The largest absolute Gasteiger partial charge is 0.283 e. The maximum atomic E-state index is 10.6. The fourth-order valence-electron chi connectivity index (χ4n) is 0.889. The highest BCUT2D eigenvalue weighted by atomic mass is 127. The van der Waals surface area contributed by atoms with Gasteiger partial charge < -0.3 is 0 Å². The van der Waals surface area contributed by atoms with Crippen molar-refractivity contribution in [2.24, 2.45) is 0 Å². The van der Waals surface area contributed by atoms with Gasteiger partial charge in [-0.25, -0.2) is 0 Å². The molecule has 0 bridgehead atoms. The molecule has 0 fully saturated rings. The fourth-order valence-corrected chi connectivity index (χ4v) is 2.11. The summed E-state index contributed by atoms with van der Waals surface area (Å²) in [6.45, 7) is 2.02. The molecular weight excluding hydrogens is 301 g/mol. The van der Waals surface area contributed by atoms with E-state index in [-0.39, 0.29) is 10.6 Å². The summed E-state index contributed by atoms with van der Waals surface area (Å²) in [6, 6.07) is 5.30. The van der Waals surface area contributed by atoms with Crippen LogP contribution in [0.4, 0.5) is 5.69 Å². The van der Waals surface area contributed by atoms with Crippen LogP contribution in [-0.4, -0.2) is 10.7 Å². The number of hydrogen-bond acceptors (Lipinski definition) is 3. The van der Waals surface area contributed by atoms with Crippen LogP contribution >= 0.6 is 34.4 Å². The van der Waals surface area contributed by atoms with Gasteiger partial charge in [-0.3, -0.25) is 10.1 Å². The molecule has 3 nitrogen and oxygen atoms in total. The number of thioether (sulfide) groups is 1. The summed E-state index contributed by atoms with van der Waals surface area (Å²) in [5, 5.41) is 10.6. The lowest BCUT2D eigenvalue weighted by atomic mass is 10.3. The number of hydrogen-bond donors (Lipinski definition) is 0. The summed E-state index contributed by atoms with van der Waals surface area (Å²) < 4.78 is 0.683. The van der Waals surface area contributed by atoms with E-state index >= 15 is 0 Å². The van der Waals surface area contributed by atoms with Crippen LogP contribution in [0, 0.1) is 13.7 Å². The van der Waals surface area contributed by atoms with Crippen molar-refractivity contribution in [3.8, 4) is 0 Å². The second kappa shape index (κ2) is 4.80. The quantitative estimate of drug-likeness (QED) is 0.372. The molecule has 1 aromatic rings. The average Bonchev–Trinajstić information content (AvgIpc) is 2.08. The number of nitro groups is 1. The normalized spacial score (nSPS) is 10.0. The molecule has 5 heteroatoms. The summed E-state index contributed by atoms with van der Waals surface area (Å²) in [6.07, 6.45) is 0. The Balaban J connectivity index is 3.04. The van der Waals surface area contributed by atoms with Crippen molar-refractivity contribution in [2.45, 2.75) is 11.8 Å². The molecule has 0 amide bonds. The van der Waals surface area contributed by atoms with E-state index in [9.17, 15) is 10.1 Å². The zero-order chi connectivity index (χ0) is 9.84. The van der Waals surface area contributed by atoms with Crippen LogP contribution in [0.2, 0.25) is 0 Å². The smallest absolute Gasteiger partial charge is 0.258 e. The van der Waals surface area contributed by atoms with Crippen LogP contribution in [0.15, 0.2) is 23.1 Å². The van der Waals surface area contributed by atoms with Gasteiger partial charge in [-0.15, -0.1) is 11.8 Å². The van der Waals surface area contributed by atoms with Gasteiger partial charge in [-0.05, 0) is 40.5 Å². The Morgan fingerprint density at radius 1 is 1.62 bits per heavy atom. The highest BCUT2D eigenvalue weighted by Gasteiger charge is 2.11. The molecule has 0 N–H and O–H groups in total. The van der Waals surface area contributed by atoms with Crippen molar-refractivity contribution >= 4 is 40.0 Å². The minimum atomic E-state index is -0.346. The minimum Gasteiger partial charge on any atom is -0.258 e. The number of rotatable bonds is 3. The Hall–Kier alpha value is -0.300. The fraction of sp³-hybridized carbons (Fsp3) is 0.250. The van der Waals surface area contributed by atoms with Gasteiger partial charge in [0.1, 0.15) is 0 Å². The molecular formula is C8H8INO2S. The van der Waals surface area contributed by atoms with Gasteiger partial charge in [-0.1, -0.05) is 6.92 Å². The van der Waals surface area contributed by atoms with Crippen molar-refractivity contribution in [1.82, 2.24) is 0 Å². The topological polar surface area (TPSA) is 43.1 Å². The third kappa shape index (κ3) is 2.84. The van der Waals surface area contributed by atoms with Gasteiger partial charge in [0.25, 0.3) is 5.69 Å². The zero-order valence-electron chi connectivity index (χ0n) is 6.99. The molecule has 1 rings (SSSR count). The third-order valence-corrected chi connectivity index (χ3v) is 3.21. The first-order valence-electron chi connectivity index (χ1n) is 3.72. The van der Waals surface area contributed by atoms with Crippen LogP contribution in [0.5, 0.6) is 0 Å². The first kappa shape index (κ1) is 10.8. The summed E-state index contributed by atoms with van der Waals surface area (Å²) >= 11 is 3.58. The van der Waals surface area contributed by atoms with Gasteiger partial charge in [-0.2, -0.15) is 0 Å². The Morgan fingerprint density at radius 3 is 2.85 bits per heavy atom. The zero-order valence-corrected chi connectivity index (χ0v) is 9.96. The number of nitrogens with zero attached hydrogens (tertiary/aromatic N) is 1. The SMILES string of the molecule is CCSc1ccc(I)c([N+](=O)[O-])c1. The summed E-state index contributed by atoms with van der Waals surface area (Å²) in [5.74, 6) is 0.928. The van der Waals surface area contributed by atoms with Crippen LogP contribution < -0.4 is 0 Å². The van der Waals surface area contributed by atoms with E-state index in [1.165, 1.54) is 0 Å². The van der Waals surface area contributed by atoms with Gasteiger partial charge in [0.15, 0.2) is 0 Å². The van der Waals surface area contributed by atoms with Gasteiger partial charge in [0.05, 0.1) is 8.49 Å². The summed E-state index contributed by atoms with van der Waals surface area (Å²) in [5.41, 5.74) is 0.194. The molecule has 0 aliphatic carbocycles. The van der Waals surface area contributed by atoms with Crippen LogP contribution in [0.25, 0.3) is 0 Å². The van der Waals surface area contributed by atoms with Gasteiger partial charge in [0.2, 0.25) is 0 Å². The van der Waals surface area contributed by atoms with Crippen molar-refractivity contribution in [3.05, 3.63) is 31.9 Å². The molecule has 0 saturated carbocycles. The lowest BCUT2D eigenvalue weighted by molar-refractivity contribution is -0.386. The Kier molecular flexibility index (Phi) is 3.98. The van der Waals surface area contributed by atoms with Crippen molar-refractivity contribution in [1.29, 1.82) is 0 Å². The molecule has 0 aromatic heterocycles. The lowest BCUT2D eigenvalue weighted by Crippen LogP contribution is -1.91. The summed E-state index contributed by atoms with van der Waals surface area (Å²) in [7, 11) is 0. The summed E-state index contributed by atoms with van der Waals surface area (Å²) in [4.78, 5) is 11.2. The molecule has 0 radical (unpaired) electrons. The van der Waals surface area contributed by atoms with E-state index in [2.05, 4.69) is 0 Å². The molecule has 1 aromatic carbocycles. The average molecular weight is 309 g/mol. The van der Waals surface area contributed by atoms with E-state index in [0.29, 0.717) is 3.57 Å². The highest BCUT2D eigenvalue weighted by Crippen LogP contribution is 2.27. The maximum Gasteiger partial charge on any atom is 0.283 e. The Morgan fingerprint density at radius 2 is 2.31 bits per heavy atom. The Bertz CT molecular complexity index is 330.